The zero-order valence-corrected chi connectivity index (χ0v) is 13.8. The highest BCUT2D eigenvalue weighted by Gasteiger charge is 2.21. The molecule has 1 heterocycles. The van der Waals surface area contributed by atoms with Gasteiger partial charge in [0.1, 0.15) is 11.9 Å². The van der Waals surface area contributed by atoms with E-state index in [9.17, 15) is 18.1 Å². The lowest BCUT2D eigenvalue weighted by Crippen LogP contribution is -2.04. The number of nitrogens with zero attached hydrogens (tertiary/aromatic N) is 2. The van der Waals surface area contributed by atoms with Gasteiger partial charge in [-0.15, -0.1) is 0 Å². The number of rotatable bonds is 4. The number of allylic oxidation sites excluding steroid dienone is 1. The lowest BCUT2D eigenvalue weighted by molar-refractivity contribution is 0.603. The molecule has 3 aromatic rings. The highest BCUT2D eigenvalue weighted by Crippen LogP contribution is 2.23. The smallest absolute Gasteiger partial charge is 0.216 e. The molecule has 0 amide bonds. The molecular weight excluding hydrogens is 339 g/mol. The average Bonchev–Trinajstić information content (AvgIpc) is 3.08. The van der Waals surface area contributed by atoms with Gasteiger partial charge in [0.15, 0.2) is 4.91 Å². The van der Waals surface area contributed by atoms with Crippen molar-refractivity contribution in [3.8, 4) is 11.8 Å². The van der Waals surface area contributed by atoms with E-state index < -0.39 is 20.6 Å². The van der Waals surface area contributed by atoms with Crippen LogP contribution in [0.5, 0.6) is 0 Å². The lowest BCUT2D eigenvalue weighted by Gasteiger charge is -2.08. The third-order valence-electron chi connectivity index (χ3n) is 3.62. The Hall–Kier alpha value is -3.17. The average molecular weight is 352 g/mol. The van der Waals surface area contributed by atoms with Crippen molar-refractivity contribution in [2.24, 2.45) is 0 Å². The van der Waals surface area contributed by atoms with Crippen LogP contribution in [0, 0.1) is 17.1 Å². The van der Waals surface area contributed by atoms with Crippen molar-refractivity contribution in [1.29, 1.82) is 5.26 Å². The summed E-state index contributed by atoms with van der Waals surface area (Å²) >= 11 is 0. The minimum atomic E-state index is -3.94. The summed E-state index contributed by atoms with van der Waals surface area (Å²) in [4.78, 5) is -0.373. The van der Waals surface area contributed by atoms with Crippen molar-refractivity contribution in [3.63, 3.8) is 0 Å². The minimum Gasteiger partial charge on any atom is -0.314 e. The molecule has 0 atom stereocenters. The number of sulfone groups is 1. The van der Waals surface area contributed by atoms with Crippen LogP contribution in [0.25, 0.3) is 11.8 Å². The Kier molecular flexibility index (Phi) is 4.50. The van der Waals surface area contributed by atoms with Crippen LogP contribution in [0.1, 0.15) is 5.69 Å². The Morgan fingerprint density at radius 2 is 1.68 bits per heavy atom. The maximum absolute atomic E-state index is 14.0. The summed E-state index contributed by atoms with van der Waals surface area (Å²) in [6.45, 7) is 0. The molecule has 3 rings (SSSR count). The van der Waals surface area contributed by atoms with E-state index in [4.69, 9.17) is 0 Å². The zero-order valence-electron chi connectivity index (χ0n) is 13.0. The normalized spacial score (nSPS) is 11.9. The topological polar surface area (TPSA) is 62.9 Å². The van der Waals surface area contributed by atoms with Gasteiger partial charge in [0, 0.05) is 11.9 Å². The summed E-state index contributed by atoms with van der Waals surface area (Å²) in [5, 5.41) is 9.36. The summed E-state index contributed by atoms with van der Waals surface area (Å²) in [7, 11) is -3.94. The van der Waals surface area contributed by atoms with Crippen molar-refractivity contribution < 1.29 is 12.8 Å². The summed E-state index contributed by atoms with van der Waals surface area (Å²) in [5.74, 6) is -0.447. The quantitative estimate of drug-likeness (QED) is 0.668. The Bertz CT molecular complexity index is 1080. The molecule has 0 aliphatic carbocycles. The fourth-order valence-electron chi connectivity index (χ4n) is 2.41. The van der Waals surface area contributed by atoms with Crippen molar-refractivity contribution in [2.75, 3.05) is 0 Å². The van der Waals surface area contributed by atoms with Gasteiger partial charge >= 0.3 is 0 Å². The van der Waals surface area contributed by atoms with Gasteiger partial charge in [-0.2, -0.15) is 5.26 Å². The Morgan fingerprint density at radius 3 is 2.36 bits per heavy atom. The van der Waals surface area contributed by atoms with Gasteiger partial charge in [-0.3, -0.25) is 0 Å². The van der Waals surface area contributed by atoms with Gasteiger partial charge in [0.2, 0.25) is 9.84 Å². The van der Waals surface area contributed by atoms with Crippen LogP contribution in [0.3, 0.4) is 0 Å². The van der Waals surface area contributed by atoms with E-state index in [-0.39, 0.29) is 10.6 Å². The summed E-state index contributed by atoms with van der Waals surface area (Å²) in [6, 6.07) is 18.9. The minimum absolute atomic E-state index is 0.0341. The van der Waals surface area contributed by atoms with Gasteiger partial charge in [-0.1, -0.05) is 30.3 Å². The first-order valence-corrected chi connectivity index (χ1v) is 8.86. The SMILES string of the molecule is N#C/C(=C\c1cccn1-c1ccccc1F)S(=O)(=O)c1ccccc1. The van der Waals surface area contributed by atoms with Gasteiger partial charge in [0.05, 0.1) is 10.6 Å². The number of hydrogen-bond donors (Lipinski definition) is 0. The summed E-state index contributed by atoms with van der Waals surface area (Å²) in [5.41, 5.74) is 0.661. The van der Waals surface area contributed by atoms with Gasteiger partial charge in [-0.25, -0.2) is 12.8 Å². The molecule has 0 bridgehead atoms. The third-order valence-corrected chi connectivity index (χ3v) is 5.31. The van der Waals surface area contributed by atoms with Crippen LogP contribution >= 0.6 is 0 Å². The number of aromatic nitrogens is 1. The molecule has 0 radical (unpaired) electrons. The fourth-order valence-corrected chi connectivity index (χ4v) is 3.57. The first kappa shape index (κ1) is 16.7. The maximum atomic E-state index is 14.0. The van der Waals surface area contributed by atoms with Crippen LogP contribution in [0.15, 0.2) is 82.7 Å². The Labute approximate surface area is 145 Å². The lowest BCUT2D eigenvalue weighted by atomic mass is 10.3. The highest BCUT2D eigenvalue weighted by molar-refractivity contribution is 7.95. The second kappa shape index (κ2) is 6.75. The van der Waals surface area contributed by atoms with Crippen molar-refractivity contribution >= 4 is 15.9 Å². The molecule has 124 valence electrons. The van der Waals surface area contributed by atoms with E-state index in [2.05, 4.69) is 0 Å². The first-order chi connectivity index (χ1) is 12.0. The standard InChI is InChI=1S/C19H13FN2O2S/c20-18-10-4-5-11-19(18)22-12-6-7-15(22)13-17(14-21)25(23,24)16-8-2-1-3-9-16/h1-13H/b17-13+. The van der Waals surface area contributed by atoms with Crippen molar-refractivity contribution in [2.45, 2.75) is 4.90 Å². The van der Waals surface area contributed by atoms with Crippen molar-refractivity contribution in [1.82, 2.24) is 4.57 Å². The molecule has 0 spiro atoms. The highest BCUT2D eigenvalue weighted by atomic mass is 32.2. The van der Waals surface area contributed by atoms with Gasteiger partial charge in [0.25, 0.3) is 0 Å². The molecule has 0 saturated heterocycles. The second-order valence-corrected chi connectivity index (χ2v) is 7.11. The maximum Gasteiger partial charge on any atom is 0.216 e. The molecule has 1 aromatic heterocycles. The summed E-state index contributed by atoms with van der Waals surface area (Å²) < 4.78 is 40.8. The number of hydrogen-bond acceptors (Lipinski definition) is 3. The molecule has 0 saturated carbocycles. The number of nitriles is 1. The number of halogens is 1. The van der Waals surface area contributed by atoms with Crippen molar-refractivity contribution in [3.05, 3.63) is 89.3 Å². The van der Waals surface area contributed by atoms with Crippen LogP contribution in [0.4, 0.5) is 4.39 Å². The molecule has 0 unspecified atom stereocenters. The van der Waals surface area contributed by atoms with E-state index >= 15 is 0 Å². The Morgan fingerprint density at radius 1 is 1.00 bits per heavy atom. The van der Waals surface area contributed by atoms with Gasteiger partial charge < -0.3 is 4.57 Å². The molecular formula is C19H13FN2O2S. The number of para-hydroxylation sites is 1. The first-order valence-electron chi connectivity index (χ1n) is 7.38. The van der Waals surface area contributed by atoms with E-state index in [1.807, 2.05) is 0 Å². The van der Waals surface area contributed by atoms with E-state index in [1.165, 1.54) is 28.8 Å². The molecule has 0 aliphatic heterocycles. The molecule has 25 heavy (non-hydrogen) atoms. The number of benzene rings is 2. The molecule has 0 N–H and O–H groups in total. The van der Waals surface area contributed by atoms with Gasteiger partial charge in [-0.05, 0) is 42.5 Å². The second-order valence-electron chi connectivity index (χ2n) is 5.19. The van der Waals surface area contributed by atoms with Crippen LogP contribution in [-0.4, -0.2) is 13.0 Å². The van der Waals surface area contributed by atoms with E-state index in [0.29, 0.717) is 5.69 Å². The predicted octanol–water partition coefficient (Wildman–Crippen LogP) is 3.95. The molecule has 0 fully saturated rings. The molecule has 4 nitrogen and oxygen atoms in total. The molecule has 2 aromatic carbocycles. The van der Waals surface area contributed by atoms with E-state index in [1.54, 1.807) is 60.8 Å². The third kappa shape index (κ3) is 3.23. The van der Waals surface area contributed by atoms with Crippen LogP contribution < -0.4 is 0 Å². The fraction of sp³-hybridized carbons (Fsp3) is 0. The van der Waals surface area contributed by atoms with Crippen LogP contribution in [0.2, 0.25) is 0 Å². The largest absolute Gasteiger partial charge is 0.314 e. The summed E-state index contributed by atoms with van der Waals surface area (Å²) in [6.07, 6.45) is 2.85. The molecule has 0 aliphatic rings. The zero-order chi connectivity index (χ0) is 17.9. The van der Waals surface area contributed by atoms with E-state index in [0.717, 1.165) is 0 Å². The Balaban J connectivity index is 2.11. The van der Waals surface area contributed by atoms with Crippen LogP contribution in [-0.2, 0) is 9.84 Å². The molecule has 6 heteroatoms. The predicted molar refractivity (Wildman–Crippen MR) is 92.9 cm³/mol. The monoisotopic (exact) mass is 352 g/mol.